The minimum atomic E-state index is -3.55. The molecule has 0 bridgehead atoms. The summed E-state index contributed by atoms with van der Waals surface area (Å²) in [6.07, 6.45) is 8.15. The molecule has 13 heteroatoms. The normalized spacial score (nSPS) is 21.4. The van der Waals surface area contributed by atoms with Crippen molar-refractivity contribution in [3.63, 3.8) is 0 Å². The third kappa shape index (κ3) is 9.78. The number of amides is 5. The van der Waals surface area contributed by atoms with E-state index in [0.29, 0.717) is 38.6 Å². The fourth-order valence-corrected chi connectivity index (χ4v) is 7.76. The molecule has 0 aromatic carbocycles. The minimum Gasteiger partial charge on any atom is -0.346 e. The van der Waals surface area contributed by atoms with Crippen LogP contribution in [0.2, 0.25) is 0 Å². The first-order valence-corrected chi connectivity index (χ1v) is 18.3. The van der Waals surface area contributed by atoms with Gasteiger partial charge in [-0.05, 0) is 64.2 Å². The van der Waals surface area contributed by atoms with Crippen LogP contribution in [0.25, 0.3) is 0 Å². The highest BCUT2D eigenvalue weighted by Gasteiger charge is 2.46. The van der Waals surface area contributed by atoms with Gasteiger partial charge in [0.25, 0.3) is 5.91 Å². The molecule has 1 saturated heterocycles. The van der Waals surface area contributed by atoms with Crippen LogP contribution in [0.3, 0.4) is 0 Å². The molecule has 46 heavy (non-hydrogen) atoms. The van der Waals surface area contributed by atoms with E-state index in [9.17, 15) is 32.4 Å². The largest absolute Gasteiger partial charge is 0.346 e. The van der Waals surface area contributed by atoms with Gasteiger partial charge in [-0.25, -0.2) is 13.2 Å². The molecule has 1 aliphatic heterocycles. The van der Waals surface area contributed by atoms with Gasteiger partial charge in [-0.2, -0.15) is 0 Å². The van der Waals surface area contributed by atoms with E-state index in [1.54, 1.807) is 20.8 Å². The van der Waals surface area contributed by atoms with Crippen molar-refractivity contribution in [2.75, 3.05) is 18.8 Å². The molecule has 0 radical (unpaired) electrons. The molecule has 3 rings (SSSR count). The minimum absolute atomic E-state index is 0.127. The second kappa shape index (κ2) is 14.9. The number of nitrogens with zero attached hydrogens (tertiary/aromatic N) is 1. The molecule has 4 N–H and O–H groups in total. The van der Waals surface area contributed by atoms with E-state index in [4.69, 9.17) is 0 Å². The molecular formula is C33H55N5O7S. The van der Waals surface area contributed by atoms with Gasteiger partial charge in [0.2, 0.25) is 17.6 Å². The van der Waals surface area contributed by atoms with Gasteiger partial charge in [0.1, 0.15) is 12.1 Å². The fourth-order valence-electron chi connectivity index (χ4n) is 6.24. The first-order chi connectivity index (χ1) is 21.3. The SMILES string of the molecule is C=CCNC(=O)C(=O)C(CC1CC1)NC(=O)C1CCCN1C(=O)[C@@H](NC(=O)NC1(CS(=O)(=O)C(C)(C)C)CCCCC1)C(C)(C)C. The number of nitrogens with one attached hydrogen (secondary N) is 4. The highest BCUT2D eigenvalue weighted by atomic mass is 32.2. The van der Waals surface area contributed by atoms with Crippen LogP contribution in [0.1, 0.15) is 106 Å². The summed E-state index contributed by atoms with van der Waals surface area (Å²) in [5, 5.41) is 11.0. The van der Waals surface area contributed by atoms with Gasteiger partial charge >= 0.3 is 6.03 Å². The second-order valence-corrected chi connectivity index (χ2v) is 18.1. The fraction of sp³-hybridized carbons (Fsp3) is 0.788. The summed E-state index contributed by atoms with van der Waals surface area (Å²) in [7, 11) is -3.55. The number of rotatable bonds is 13. The van der Waals surface area contributed by atoms with Crippen LogP contribution < -0.4 is 21.3 Å². The van der Waals surface area contributed by atoms with Crippen LogP contribution in [0, 0.1) is 11.3 Å². The van der Waals surface area contributed by atoms with E-state index in [-0.39, 0.29) is 18.2 Å². The van der Waals surface area contributed by atoms with Crippen LogP contribution in [0.5, 0.6) is 0 Å². The smallest absolute Gasteiger partial charge is 0.315 e. The Morgan fingerprint density at radius 1 is 0.935 bits per heavy atom. The van der Waals surface area contributed by atoms with Crippen LogP contribution in [-0.2, 0) is 29.0 Å². The lowest BCUT2D eigenvalue weighted by molar-refractivity contribution is -0.143. The van der Waals surface area contributed by atoms with Crippen LogP contribution in [0.4, 0.5) is 4.79 Å². The second-order valence-electron chi connectivity index (χ2n) is 15.4. The molecule has 3 atom stereocenters. The zero-order valence-electron chi connectivity index (χ0n) is 28.5. The lowest BCUT2D eigenvalue weighted by atomic mass is 9.83. The molecule has 3 aliphatic rings. The van der Waals surface area contributed by atoms with Crippen LogP contribution in [-0.4, -0.2) is 90.1 Å². The van der Waals surface area contributed by atoms with Crippen molar-refractivity contribution in [2.24, 2.45) is 11.3 Å². The summed E-state index contributed by atoms with van der Waals surface area (Å²) < 4.78 is 25.5. The van der Waals surface area contributed by atoms with E-state index in [0.717, 1.165) is 32.1 Å². The zero-order valence-corrected chi connectivity index (χ0v) is 29.3. The van der Waals surface area contributed by atoms with Gasteiger partial charge in [-0.15, -0.1) is 6.58 Å². The zero-order chi connectivity index (χ0) is 34.5. The molecule has 260 valence electrons. The van der Waals surface area contributed by atoms with E-state index in [1.165, 1.54) is 11.0 Å². The highest BCUT2D eigenvalue weighted by Crippen LogP contribution is 2.35. The molecule has 0 aromatic rings. The van der Waals surface area contributed by atoms with Gasteiger partial charge in [-0.1, -0.05) is 59.0 Å². The summed E-state index contributed by atoms with van der Waals surface area (Å²) >= 11 is 0. The maximum absolute atomic E-state index is 14.1. The molecule has 12 nitrogen and oxygen atoms in total. The van der Waals surface area contributed by atoms with Gasteiger partial charge in [0, 0.05) is 13.1 Å². The van der Waals surface area contributed by atoms with Gasteiger partial charge in [0.05, 0.1) is 22.1 Å². The Morgan fingerprint density at radius 2 is 1.57 bits per heavy atom. The maximum Gasteiger partial charge on any atom is 0.315 e. The summed E-state index contributed by atoms with van der Waals surface area (Å²) in [5.74, 6) is -2.40. The monoisotopic (exact) mass is 665 g/mol. The molecule has 1 heterocycles. The molecule has 2 aliphatic carbocycles. The Balaban J connectivity index is 1.76. The summed E-state index contributed by atoms with van der Waals surface area (Å²) in [6, 6.07) is -3.51. The van der Waals surface area contributed by atoms with E-state index in [2.05, 4.69) is 27.8 Å². The predicted molar refractivity (Wildman–Crippen MR) is 176 cm³/mol. The van der Waals surface area contributed by atoms with Crippen molar-refractivity contribution in [3.05, 3.63) is 12.7 Å². The van der Waals surface area contributed by atoms with Crippen molar-refractivity contribution in [1.82, 2.24) is 26.2 Å². The molecule has 0 spiro atoms. The number of Topliss-reactive ketones (excluding diaryl/α,β-unsaturated/α-hetero) is 1. The lowest BCUT2D eigenvalue weighted by Gasteiger charge is -2.41. The van der Waals surface area contributed by atoms with E-state index < -0.39 is 73.2 Å². The van der Waals surface area contributed by atoms with Gasteiger partial charge in [-0.3, -0.25) is 19.2 Å². The third-order valence-corrected chi connectivity index (χ3v) is 12.1. The highest BCUT2D eigenvalue weighted by molar-refractivity contribution is 7.92. The number of hydrogen-bond acceptors (Lipinski definition) is 7. The number of hydrogen-bond donors (Lipinski definition) is 4. The first kappa shape index (κ1) is 37.5. The number of urea groups is 1. The van der Waals surface area contributed by atoms with Crippen LogP contribution >= 0.6 is 0 Å². The molecule has 0 aromatic heterocycles. The van der Waals surface area contributed by atoms with E-state index >= 15 is 0 Å². The van der Waals surface area contributed by atoms with Gasteiger partial charge < -0.3 is 26.2 Å². The molecule has 5 amide bonds. The molecule has 3 fully saturated rings. The Hall–Kier alpha value is -2.96. The Kier molecular flexibility index (Phi) is 12.1. The average Bonchev–Trinajstić information content (AvgIpc) is 3.63. The third-order valence-electron chi connectivity index (χ3n) is 9.35. The maximum atomic E-state index is 14.1. The summed E-state index contributed by atoms with van der Waals surface area (Å²) in [4.78, 5) is 68.0. The number of likely N-dealkylation sites (tertiary alicyclic amines) is 1. The Labute approximate surface area is 274 Å². The average molecular weight is 666 g/mol. The van der Waals surface area contributed by atoms with Crippen molar-refractivity contribution >= 4 is 39.4 Å². The number of ketones is 1. The number of carbonyl (C=O) groups excluding carboxylic acids is 5. The number of carbonyl (C=O) groups is 5. The van der Waals surface area contributed by atoms with E-state index in [1.807, 2.05) is 20.8 Å². The summed E-state index contributed by atoms with van der Waals surface area (Å²) in [6.45, 7) is 14.3. The van der Waals surface area contributed by atoms with Crippen molar-refractivity contribution in [2.45, 2.75) is 134 Å². The predicted octanol–water partition coefficient (Wildman–Crippen LogP) is 2.76. The van der Waals surface area contributed by atoms with Crippen molar-refractivity contribution in [1.29, 1.82) is 0 Å². The topological polar surface area (TPSA) is 171 Å². The Morgan fingerprint density at radius 3 is 2.11 bits per heavy atom. The first-order valence-electron chi connectivity index (χ1n) is 16.6. The molecule has 2 saturated carbocycles. The van der Waals surface area contributed by atoms with Crippen molar-refractivity contribution in [3.8, 4) is 0 Å². The summed E-state index contributed by atoms with van der Waals surface area (Å²) in [5.41, 5.74) is -1.69. The van der Waals surface area contributed by atoms with Crippen molar-refractivity contribution < 1.29 is 32.4 Å². The van der Waals surface area contributed by atoms with Gasteiger partial charge in [0.15, 0.2) is 9.84 Å². The quantitative estimate of drug-likeness (QED) is 0.173. The Bertz CT molecular complexity index is 1270. The standard InChI is InChI=1S/C33H55N5O7S/c1-8-18-34-28(41)25(39)23(20-22-14-15-22)35-27(40)24-13-12-19-38(24)29(42)26(31(2,3)4)36-30(43)37-33(16-10-9-11-17-33)21-46(44,45)32(5,6)7/h8,22-24,26H,1,9-21H2,2-7H3,(H,34,41)(H,35,40)(H2,36,37,43)/t23?,24?,26-/m1/s1. The number of sulfone groups is 1. The van der Waals surface area contributed by atoms with Crippen LogP contribution in [0.15, 0.2) is 12.7 Å². The molecular weight excluding hydrogens is 610 g/mol. The molecule has 2 unspecified atom stereocenters. The lowest BCUT2D eigenvalue weighted by Crippen LogP contribution is -2.63.